The second-order valence-electron chi connectivity index (χ2n) is 5.12. The number of aromatic nitrogens is 2. The molecule has 2 aromatic rings. The van der Waals surface area contributed by atoms with Gasteiger partial charge in [-0.15, -0.1) is 23.7 Å². The number of carbonyl (C=O) groups is 1. The lowest BCUT2D eigenvalue weighted by Crippen LogP contribution is -2.33. The number of nitrogens with one attached hydrogen (secondary N) is 2. The highest BCUT2D eigenvalue weighted by Crippen LogP contribution is 2.28. The molecule has 0 bridgehead atoms. The van der Waals surface area contributed by atoms with Gasteiger partial charge in [-0.1, -0.05) is 6.07 Å². The van der Waals surface area contributed by atoms with Crippen molar-refractivity contribution in [2.45, 2.75) is 12.5 Å². The molecule has 1 aliphatic heterocycles. The summed E-state index contributed by atoms with van der Waals surface area (Å²) in [6.07, 6.45) is 3.86. The van der Waals surface area contributed by atoms with Gasteiger partial charge in [-0.25, -0.2) is 0 Å². The van der Waals surface area contributed by atoms with Gasteiger partial charge in [0.1, 0.15) is 0 Å². The third-order valence-corrected chi connectivity index (χ3v) is 4.60. The minimum atomic E-state index is -0.0147. The molecule has 114 valence electrons. The van der Waals surface area contributed by atoms with E-state index in [9.17, 15) is 4.79 Å². The van der Waals surface area contributed by atoms with Crippen LogP contribution < -0.4 is 10.6 Å². The predicted molar refractivity (Wildman–Crippen MR) is 85.7 cm³/mol. The van der Waals surface area contributed by atoms with Crippen LogP contribution in [0.15, 0.2) is 29.9 Å². The summed E-state index contributed by atoms with van der Waals surface area (Å²) in [6, 6.07) is 4.04. The zero-order valence-electron chi connectivity index (χ0n) is 11.8. The van der Waals surface area contributed by atoms with Crippen molar-refractivity contribution in [2.24, 2.45) is 13.0 Å². The first kappa shape index (κ1) is 16.0. The first-order chi connectivity index (χ1) is 9.74. The number of halogens is 1. The molecule has 0 aromatic carbocycles. The molecule has 21 heavy (non-hydrogen) atoms. The summed E-state index contributed by atoms with van der Waals surface area (Å²) in [5.74, 6) is 0.323. The summed E-state index contributed by atoms with van der Waals surface area (Å²) in [5.41, 5.74) is 1.13. The molecule has 2 aromatic heterocycles. The van der Waals surface area contributed by atoms with Crippen LogP contribution in [0.1, 0.15) is 16.4 Å². The fourth-order valence-electron chi connectivity index (χ4n) is 2.65. The zero-order valence-corrected chi connectivity index (χ0v) is 13.4. The molecule has 0 saturated carbocycles. The Kier molecular flexibility index (Phi) is 5.39. The van der Waals surface area contributed by atoms with Crippen LogP contribution in [0, 0.1) is 5.92 Å². The maximum absolute atomic E-state index is 12.4. The number of hydrogen-bond acceptors (Lipinski definition) is 4. The highest BCUT2D eigenvalue weighted by molar-refractivity contribution is 7.09. The Bertz CT molecular complexity index is 584. The Morgan fingerprint density at radius 1 is 1.57 bits per heavy atom. The van der Waals surface area contributed by atoms with Crippen molar-refractivity contribution in [3.05, 3.63) is 40.3 Å². The molecule has 7 heteroatoms. The van der Waals surface area contributed by atoms with E-state index < -0.39 is 0 Å². The molecule has 0 radical (unpaired) electrons. The lowest BCUT2D eigenvalue weighted by atomic mass is 9.90. The molecule has 0 unspecified atom stereocenters. The van der Waals surface area contributed by atoms with E-state index in [-0.39, 0.29) is 30.2 Å². The van der Waals surface area contributed by atoms with Gasteiger partial charge >= 0.3 is 0 Å². The fourth-order valence-corrected chi connectivity index (χ4v) is 3.30. The molecule has 1 amide bonds. The maximum atomic E-state index is 12.4. The van der Waals surface area contributed by atoms with Gasteiger partial charge < -0.3 is 10.6 Å². The van der Waals surface area contributed by atoms with E-state index in [4.69, 9.17) is 0 Å². The number of hydrogen-bond donors (Lipinski definition) is 2. The summed E-state index contributed by atoms with van der Waals surface area (Å²) < 4.78 is 1.79. The molecule has 1 aliphatic rings. The Hall–Kier alpha value is -1.37. The van der Waals surface area contributed by atoms with Crippen LogP contribution in [0.25, 0.3) is 0 Å². The molecular formula is C14H19ClN4OS. The van der Waals surface area contributed by atoms with Gasteiger partial charge in [-0.2, -0.15) is 5.10 Å². The van der Waals surface area contributed by atoms with Gasteiger partial charge in [0.25, 0.3) is 0 Å². The summed E-state index contributed by atoms with van der Waals surface area (Å²) in [6.45, 7) is 2.19. The standard InChI is InChI=1S/C14H18N4OS.ClH/c1-18-9-10(5-17-18)12-7-15-8-13(12)14(19)16-6-11-3-2-4-20-11;/h2-5,9,12-13,15H,6-8H2,1H3,(H,16,19);1H/t12-,13+;/m1./s1. The number of rotatable bonds is 4. The molecule has 5 nitrogen and oxygen atoms in total. The highest BCUT2D eigenvalue weighted by atomic mass is 35.5. The van der Waals surface area contributed by atoms with Crippen LogP contribution in [0.3, 0.4) is 0 Å². The Morgan fingerprint density at radius 3 is 3.10 bits per heavy atom. The second kappa shape index (κ2) is 7.06. The van der Waals surface area contributed by atoms with Crippen molar-refractivity contribution in [2.75, 3.05) is 13.1 Å². The zero-order chi connectivity index (χ0) is 13.9. The maximum Gasteiger partial charge on any atom is 0.225 e. The van der Waals surface area contributed by atoms with Crippen molar-refractivity contribution in [1.82, 2.24) is 20.4 Å². The van der Waals surface area contributed by atoms with E-state index in [1.54, 1.807) is 16.0 Å². The van der Waals surface area contributed by atoms with Crippen LogP contribution in [0.5, 0.6) is 0 Å². The van der Waals surface area contributed by atoms with Gasteiger partial charge in [-0.05, 0) is 17.0 Å². The van der Waals surface area contributed by atoms with Crippen molar-refractivity contribution >= 4 is 29.7 Å². The quantitative estimate of drug-likeness (QED) is 0.895. The van der Waals surface area contributed by atoms with Crippen LogP contribution in [0.2, 0.25) is 0 Å². The van der Waals surface area contributed by atoms with Crippen molar-refractivity contribution < 1.29 is 4.79 Å². The molecule has 3 heterocycles. The second-order valence-corrected chi connectivity index (χ2v) is 6.15. The highest BCUT2D eigenvalue weighted by Gasteiger charge is 2.34. The van der Waals surface area contributed by atoms with Gasteiger partial charge in [-0.3, -0.25) is 9.48 Å². The summed E-state index contributed by atoms with van der Waals surface area (Å²) >= 11 is 1.66. The van der Waals surface area contributed by atoms with Crippen molar-refractivity contribution in [3.63, 3.8) is 0 Å². The molecule has 0 spiro atoms. The lowest BCUT2D eigenvalue weighted by molar-refractivity contribution is -0.124. The van der Waals surface area contributed by atoms with E-state index in [1.807, 2.05) is 37.0 Å². The smallest absolute Gasteiger partial charge is 0.225 e. The van der Waals surface area contributed by atoms with E-state index in [2.05, 4.69) is 15.7 Å². The van der Waals surface area contributed by atoms with Gasteiger partial charge in [0.2, 0.25) is 5.91 Å². The van der Waals surface area contributed by atoms with Crippen LogP contribution in [-0.2, 0) is 18.4 Å². The number of thiophene rings is 1. The monoisotopic (exact) mass is 326 g/mol. The van der Waals surface area contributed by atoms with Crippen molar-refractivity contribution in [3.8, 4) is 0 Å². The molecule has 0 aliphatic carbocycles. The molecular weight excluding hydrogens is 308 g/mol. The fraction of sp³-hybridized carbons (Fsp3) is 0.429. The summed E-state index contributed by atoms with van der Waals surface area (Å²) in [5, 5.41) is 12.6. The average molecular weight is 327 g/mol. The van der Waals surface area contributed by atoms with E-state index in [0.29, 0.717) is 6.54 Å². The minimum absolute atomic E-state index is 0. The van der Waals surface area contributed by atoms with Gasteiger partial charge in [0.05, 0.1) is 18.7 Å². The molecule has 1 saturated heterocycles. The number of carbonyl (C=O) groups excluding carboxylic acids is 1. The SMILES string of the molecule is Cl.Cn1cc([C@H]2CNC[C@@H]2C(=O)NCc2cccs2)cn1. The van der Waals surface area contributed by atoms with E-state index in [0.717, 1.165) is 18.7 Å². The van der Waals surface area contributed by atoms with Crippen LogP contribution >= 0.6 is 23.7 Å². The van der Waals surface area contributed by atoms with E-state index in [1.165, 1.54) is 4.88 Å². The predicted octanol–water partition coefficient (Wildman–Crippen LogP) is 1.52. The Morgan fingerprint density at radius 2 is 2.43 bits per heavy atom. The lowest BCUT2D eigenvalue weighted by Gasteiger charge is -2.16. The molecule has 2 N–H and O–H groups in total. The Balaban J connectivity index is 0.00000161. The number of amides is 1. The molecule has 3 rings (SSSR count). The van der Waals surface area contributed by atoms with Crippen molar-refractivity contribution in [1.29, 1.82) is 0 Å². The molecule has 1 fully saturated rings. The van der Waals surface area contributed by atoms with E-state index >= 15 is 0 Å². The normalized spacial score (nSPS) is 21.0. The minimum Gasteiger partial charge on any atom is -0.351 e. The third-order valence-electron chi connectivity index (χ3n) is 3.72. The van der Waals surface area contributed by atoms with Crippen LogP contribution in [0.4, 0.5) is 0 Å². The van der Waals surface area contributed by atoms with Gasteiger partial charge in [0.15, 0.2) is 0 Å². The number of nitrogens with zero attached hydrogens (tertiary/aromatic N) is 2. The Labute approximate surface area is 134 Å². The summed E-state index contributed by atoms with van der Waals surface area (Å²) in [4.78, 5) is 13.5. The van der Waals surface area contributed by atoms with Gasteiger partial charge in [0, 0.05) is 37.1 Å². The largest absolute Gasteiger partial charge is 0.351 e. The third kappa shape index (κ3) is 3.64. The summed E-state index contributed by atoms with van der Waals surface area (Å²) in [7, 11) is 1.90. The topological polar surface area (TPSA) is 59.0 Å². The number of aryl methyl sites for hydroxylation is 1. The molecule has 2 atom stereocenters. The first-order valence-electron chi connectivity index (χ1n) is 6.73. The average Bonchev–Trinajstić information content (AvgIpc) is 3.16. The van der Waals surface area contributed by atoms with Crippen LogP contribution in [-0.4, -0.2) is 28.8 Å². The first-order valence-corrected chi connectivity index (χ1v) is 7.61.